The first kappa shape index (κ1) is 12.1. The summed E-state index contributed by atoms with van der Waals surface area (Å²) in [4.78, 5) is 8.62. The third-order valence-corrected chi connectivity index (χ3v) is 3.27. The third-order valence-electron chi connectivity index (χ3n) is 2.33. The van der Waals surface area contributed by atoms with E-state index in [1.54, 1.807) is 11.8 Å². The normalized spacial score (nSPS) is 10.4. The number of benzene rings is 1. The first-order valence-electron chi connectivity index (χ1n) is 5.56. The molecule has 2 aromatic rings. The molecule has 0 aliphatic heterocycles. The van der Waals surface area contributed by atoms with E-state index < -0.39 is 0 Å². The average Bonchev–Trinajstić information content (AvgIpc) is 2.40. The Labute approximate surface area is 105 Å². The lowest BCUT2D eigenvalue weighted by Gasteiger charge is -2.01. The highest BCUT2D eigenvalue weighted by atomic mass is 32.2. The average molecular weight is 245 g/mol. The van der Waals surface area contributed by atoms with E-state index in [1.807, 2.05) is 30.6 Å². The first-order chi connectivity index (χ1) is 8.38. The summed E-state index contributed by atoms with van der Waals surface area (Å²) in [6, 6.07) is 10.3. The highest BCUT2D eigenvalue weighted by Crippen LogP contribution is 2.18. The number of rotatable bonds is 5. The number of nitrogens with two attached hydrogens (primary N) is 1. The molecule has 0 amide bonds. The van der Waals surface area contributed by atoms with E-state index in [-0.39, 0.29) is 0 Å². The molecular formula is C13H15N3S. The quantitative estimate of drug-likeness (QED) is 0.648. The van der Waals surface area contributed by atoms with Crippen LogP contribution in [0.3, 0.4) is 0 Å². The summed E-state index contributed by atoms with van der Waals surface area (Å²) in [5.41, 5.74) is 7.85. The van der Waals surface area contributed by atoms with Crippen LogP contribution in [0.1, 0.15) is 11.1 Å². The summed E-state index contributed by atoms with van der Waals surface area (Å²) in [6.07, 6.45) is 4.55. The zero-order valence-corrected chi connectivity index (χ0v) is 10.4. The van der Waals surface area contributed by atoms with Crippen LogP contribution in [0.15, 0.2) is 47.9 Å². The van der Waals surface area contributed by atoms with Crippen LogP contribution < -0.4 is 5.73 Å². The number of thioether (sulfide) groups is 1. The van der Waals surface area contributed by atoms with Crippen molar-refractivity contribution >= 4 is 11.8 Å². The zero-order valence-electron chi connectivity index (χ0n) is 9.54. The van der Waals surface area contributed by atoms with E-state index in [4.69, 9.17) is 5.73 Å². The Hall–Kier alpha value is -1.39. The van der Waals surface area contributed by atoms with Crippen LogP contribution in [0.5, 0.6) is 0 Å². The lowest BCUT2D eigenvalue weighted by molar-refractivity contribution is 0.890. The molecule has 0 aliphatic rings. The summed E-state index contributed by atoms with van der Waals surface area (Å²) < 4.78 is 0. The molecule has 1 heterocycles. The molecule has 17 heavy (non-hydrogen) atoms. The van der Waals surface area contributed by atoms with Crippen LogP contribution >= 0.6 is 11.8 Å². The van der Waals surface area contributed by atoms with E-state index in [1.165, 1.54) is 5.56 Å². The number of nitrogens with zero attached hydrogens (tertiary/aromatic N) is 2. The molecule has 0 spiro atoms. The van der Waals surface area contributed by atoms with Crippen molar-refractivity contribution in [3.05, 3.63) is 53.9 Å². The molecule has 2 N–H and O–H groups in total. The molecule has 2 rings (SSSR count). The van der Waals surface area contributed by atoms with Gasteiger partial charge in [-0.1, -0.05) is 42.1 Å². The maximum atomic E-state index is 5.47. The number of hydrogen-bond donors (Lipinski definition) is 1. The van der Waals surface area contributed by atoms with Gasteiger partial charge in [-0.05, 0) is 24.1 Å². The van der Waals surface area contributed by atoms with E-state index >= 15 is 0 Å². The minimum absolute atomic E-state index is 0.639. The molecule has 1 aromatic carbocycles. The Balaban J connectivity index is 1.91. The second-order valence-electron chi connectivity index (χ2n) is 3.69. The molecule has 0 saturated carbocycles. The van der Waals surface area contributed by atoms with Crippen LogP contribution in [-0.4, -0.2) is 16.5 Å². The summed E-state index contributed by atoms with van der Waals surface area (Å²) in [5.74, 6) is 0.900. The van der Waals surface area contributed by atoms with E-state index in [0.29, 0.717) is 6.54 Å². The van der Waals surface area contributed by atoms with E-state index in [2.05, 4.69) is 22.1 Å². The maximum Gasteiger partial charge on any atom is 0.187 e. The van der Waals surface area contributed by atoms with Crippen molar-refractivity contribution in [3.8, 4) is 0 Å². The first-order valence-corrected chi connectivity index (χ1v) is 6.55. The van der Waals surface area contributed by atoms with Gasteiger partial charge < -0.3 is 5.73 Å². The standard InChI is InChI=1S/C13H15N3S/c14-7-6-12-8-15-13(16-9-12)17-10-11-4-2-1-3-5-11/h1-5,8-9H,6-7,10,14H2. The molecule has 3 nitrogen and oxygen atoms in total. The van der Waals surface area contributed by atoms with Gasteiger partial charge in [-0.2, -0.15) is 0 Å². The highest BCUT2D eigenvalue weighted by Gasteiger charge is 1.99. The topological polar surface area (TPSA) is 51.8 Å². The van der Waals surface area contributed by atoms with Crippen molar-refractivity contribution in [2.24, 2.45) is 5.73 Å². The lowest BCUT2D eigenvalue weighted by atomic mass is 10.2. The van der Waals surface area contributed by atoms with Gasteiger partial charge in [-0.25, -0.2) is 9.97 Å². The van der Waals surface area contributed by atoms with Crippen molar-refractivity contribution in [3.63, 3.8) is 0 Å². The Kier molecular flexibility index (Phi) is 4.53. The van der Waals surface area contributed by atoms with Gasteiger partial charge >= 0.3 is 0 Å². The molecular weight excluding hydrogens is 230 g/mol. The van der Waals surface area contributed by atoms with Gasteiger partial charge in [0.2, 0.25) is 0 Å². The van der Waals surface area contributed by atoms with E-state index in [0.717, 1.165) is 22.9 Å². The van der Waals surface area contributed by atoms with Crippen LogP contribution in [-0.2, 0) is 12.2 Å². The number of hydrogen-bond acceptors (Lipinski definition) is 4. The van der Waals surface area contributed by atoms with Crippen molar-refractivity contribution in [2.75, 3.05) is 6.54 Å². The van der Waals surface area contributed by atoms with Gasteiger partial charge in [0.15, 0.2) is 5.16 Å². The molecule has 1 aromatic heterocycles. The van der Waals surface area contributed by atoms with Gasteiger partial charge in [0, 0.05) is 18.1 Å². The van der Waals surface area contributed by atoms with Crippen molar-refractivity contribution in [1.82, 2.24) is 9.97 Å². The molecule has 0 fully saturated rings. The van der Waals surface area contributed by atoms with Gasteiger partial charge in [0.25, 0.3) is 0 Å². The Morgan fingerprint density at radius 1 is 1.00 bits per heavy atom. The SMILES string of the molecule is NCCc1cnc(SCc2ccccc2)nc1. The van der Waals surface area contributed by atoms with Crippen molar-refractivity contribution in [1.29, 1.82) is 0 Å². The zero-order chi connectivity index (χ0) is 11.9. The van der Waals surface area contributed by atoms with Crippen LogP contribution in [0.4, 0.5) is 0 Å². The molecule has 0 aliphatic carbocycles. The molecule has 88 valence electrons. The van der Waals surface area contributed by atoms with Gasteiger partial charge in [-0.3, -0.25) is 0 Å². The molecule has 0 bridgehead atoms. The molecule has 4 heteroatoms. The predicted octanol–water partition coefficient (Wildman–Crippen LogP) is 2.27. The third kappa shape index (κ3) is 3.84. The fourth-order valence-electron chi connectivity index (χ4n) is 1.44. The smallest absolute Gasteiger partial charge is 0.187 e. The number of aromatic nitrogens is 2. The summed E-state index contributed by atoms with van der Waals surface area (Å²) in [6.45, 7) is 0.639. The summed E-state index contributed by atoms with van der Waals surface area (Å²) >= 11 is 1.65. The molecule has 0 saturated heterocycles. The van der Waals surface area contributed by atoms with Crippen LogP contribution in [0.2, 0.25) is 0 Å². The maximum absolute atomic E-state index is 5.47. The van der Waals surface area contributed by atoms with Crippen molar-refractivity contribution < 1.29 is 0 Å². The van der Waals surface area contributed by atoms with Gasteiger partial charge in [0.05, 0.1) is 0 Å². The van der Waals surface area contributed by atoms with Gasteiger partial charge in [-0.15, -0.1) is 0 Å². The minimum Gasteiger partial charge on any atom is -0.330 e. The monoisotopic (exact) mass is 245 g/mol. The van der Waals surface area contributed by atoms with Crippen LogP contribution in [0.25, 0.3) is 0 Å². The Morgan fingerprint density at radius 2 is 1.71 bits per heavy atom. The highest BCUT2D eigenvalue weighted by molar-refractivity contribution is 7.98. The fourth-order valence-corrected chi connectivity index (χ4v) is 2.18. The summed E-state index contributed by atoms with van der Waals surface area (Å²) in [5, 5.41) is 0.814. The van der Waals surface area contributed by atoms with E-state index in [9.17, 15) is 0 Å². The Morgan fingerprint density at radius 3 is 2.35 bits per heavy atom. The second kappa shape index (κ2) is 6.37. The largest absolute Gasteiger partial charge is 0.330 e. The molecule has 0 unspecified atom stereocenters. The second-order valence-corrected chi connectivity index (χ2v) is 4.63. The fraction of sp³-hybridized carbons (Fsp3) is 0.231. The predicted molar refractivity (Wildman–Crippen MR) is 70.8 cm³/mol. The molecule has 0 radical (unpaired) electrons. The Bertz CT molecular complexity index is 442. The van der Waals surface area contributed by atoms with Gasteiger partial charge in [0.1, 0.15) is 0 Å². The van der Waals surface area contributed by atoms with Crippen LogP contribution in [0, 0.1) is 0 Å². The molecule has 0 atom stereocenters. The van der Waals surface area contributed by atoms with Crippen molar-refractivity contribution in [2.45, 2.75) is 17.3 Å². The summed E-state index contributed by atoms with van der Waals surface area (Å²) in [7, 11) is 0. The lowest BCUT2D eigenvalue weighted by Crippen LogP contribution is -2.03. The minimum atomic E-state index is 0.639.